The molecule has 1 fully saturated rings. The predicted octanol–water partition coefficient (Wildman–Crippen LogP) is 2.12. The Kier molecular flexibility index (Phi) is 5.52. The number of sulfone groups is 1. The number of piperidine rings is 1. The van der Waals surface area contributed by atoms with Crippen LogP contribution in [0.5, 0.6) is 0 Å². The fourth-order valence-corrected chi connectivity index (χ4v) is 4.01. The lowest BCUT2D eigenvalue weighted by atomic mass is 9.96. The molecular weight excluding hydrogens is 355 g/mol. The molecule has 8 heteroatoms. The van der Waals surface area contributed by atoms with Crippen LogP contribution in [0, 0.1) is 5.82 Å². The van der Waals surface area contributed by atoms with Gasteiger partial charge in [-0.25, -0.2) is 22.8 Å². The van der Waals surface area contributed by atoms with Gasteiger partial charge in [-0.2, -0.15) is 0 Å². The van der Waals surface area contributed by atoms with Gasteiger partial charge in [-0.3, -0.25) is 0 Å². The van der Waals surface area contributed by atoms with E-state index in [-0.39, 0.29) is 16.6 Å². The quantitative estimate of drug-likeness (QED) is 0.859. The van der Waals surface area contributed by atoms with Gasteiger partial charge in [0.1, 0.15) is 10.7 Å². The van der Waals surface area contributed by atoms with Gasteiger partial charge in [-0.1, -0.05) is 18.2 Å². The molecule has 1 aliphatic rings. The highest BCUT2D eigenvalue weighted by Gasteiger charge is 2.26. The predicted molar refractivity (Wildman–Crippen MR) is 98.5 cm³/mol. The van der Waals surface area contributed by atoms with Gasteiger partial charge in [0.05, 0.1) is 11.9 Å². The lowest BCUT2D eigenvalue weighted by Gasteiger charge is -2.25. The van der Waals surface area contributed by atoms with E-state index in [4.69, 9.17) is 0 Å². The summed E-state index contributed by atoms with van der Waals surface area (Å²) in [5.74, 6) is 0.127. The van der Waals surface area contributed by atoms with Crippen molar-refractivity contribution >= 4 is 15.8 Å². The van der Waals surface area contributed by atoms with E-state index in [2.05, 4.69) is 15.3 Å². The van der Waals surface area contributed by atoms with Gasteiger partial charge in [0.25, 0.3) is 0 Å². The van der Waals surface area contributed by atoms with Crippen molar-refractivity contribution in [2.24, 2.45) is 0 Å². The third-order valence-corrected chi connectivity index (χ3v) is 5.67. The van der Waals surface area contributed by atoms with Crippen molar-refractivity contribution in [1.82, 2.24) is 15.3 Å². The monoisotopic (exact) mass is 378 g/mol. The minimum atomic E-state index is -3.42. The van der Waals surface area contributed by atoms with Crippen LogP contribution in [0.1, 0.15) is 30.0 Å². The topological polar surface area (TPSA) is 75.2 Å². The first-order valence-electron chi connectivity index (χ1n) is 8.58. The average Bonchev–Trinajstić information content (AvgIpc) is 2.63. The highest BCUT2D eigenvalue weighted by Crippen LogP contribution is 2.28. The number of rotatable bonds is 5. The molecule has 1 saturated heterocycles. The summed E-state index contributed by atoms with van der Waals surface area (Å²) in [7, 11) is -1.65. The number of aromatic nitrogens is 2. The van der Waals surface area contributed by atoms with E-state index in [0.29, 0.717) is 30.3 Å². The van der Waals surface area contributed by atoms with E-state index in [1.165, 1.54) is 18.5 Å². The summed E-state index contributed by atoms with van der Waals surface area (Å²) in [6, 6.07) is 6.54. The summed E-state index contributed by atoms with van der Waals surface area (Å²) in [5.41, 5.74) is 1.08. The van der Waals surface area contributed by atoms with Gasteiger partial charge in [-0.05, 0) is 25.5 Å². The first kappa shape index (κ1) is 18.7. The Morgan fingerprint density at radius 3 is 2.77 bits per heavy atom. The van der Waals surface area contributed by atoms with Crippen LogP contribution in [0.2, 0.25) is 0 Å². The number of hydrogen-bond donors (Lipinski definition) is 1. The first-order chi connectivity index (χ1) is 12.4. The molecule has 1 aliphatic heterocycles. The number of nitrogens with zero attached hydrogens (tertiary/aromatic N) is 3. The largest absolute Gasteiger partial charge is 0.339 e. The van der Waals surface area contributed by atoms with Gasteiger partial charge >= 0.3 is 0 Å². The first-order valence-corrected chi connectivity index (χ1v) is 10.5. The summed E-state index contributed by atoms with van der Waals surface area (Å²) in [5, 5.41) is 3.29. The highest BCUT2D eigenvalue weighted by molar-refractivity contribution is 7.90. The molecule has 140 valence electrons. The standard InChI is InChI=1S/C18H23FN4O2S/c1-23(12-14-6-3-4-8-15(14)19)18-21-11-16(26(2,24)25)17(22-18)13-7-5-9-20-10-13/h3-4,6,8,11,13,20H,5,7,9-10,12H2,1-2H3. The summed E-state index contributed by atoms with van der Waals surface area (Å²) < 4.78 is 38.2. The van der Waals surface area contributed by atoms with E-state index >= 15 is 0 Å². The zero-order valence-electron chi connectivity index (χ0n) is 14.9. The van der Waals surface area contributed by atoms with Gasteiger partial charge in [0, 0.05) is 37.9 Å². The molecule has 6 nitrogen and oxygen atoms in total. The molecular formula is C18H23FN4O2S. The number of benzene rings is 1. The van der Waals surface area contributed by atoms with Crippen LogP contribution < -0.4 is 10.2 Å². The number of nitrogens with one attached hydrogen (secondary N) is 1. The molecule has 0 radical (unpaired) electrons. The fraction of sp³-hybridized carbons (Fsp3) is 0.444. The Balaban J connectivity index is 1.94. The zero-order valence-corrected chi connectivity index (χ0v) is 15.8. The lowest BCUT2D eigenvalue weighted by Crippen LogP contribution is -2.30. The van der Waals surface area contributed by atoms with Crippen molar-refractivity contribution in [2.45, 2.75) is 30.2 Å². The molecule has 3 rings (SSSR count). The minimum absolute atomic E-state index is 0.0251. The SMILES string of the molecule is CN(Cc1ccccc1F)c1ncc(S(C)(=O)=O)c(C2CCCNC2)n1. The van der Waals surface area contributed by atoms with Crippen molar-refractivity contribution in [2.75, 3.05) is 31.3 Å². The normalized spacial score (nSPS) is 17.9. The minimum Gasteiger partial charge on any atom is -0.339 e. The molecule has 0 spiro atoms. The molecule has 1 N–H and O–H groups in total. The van der Waals surface area contributed by atoms with Gasteiger partial charge in [0.2, 0.25) is 5.95 Å². The molecule has 1 aromatic heterocycles. The molecule has 0 aliphatic carbocycles. The number of hydrogen-bond acceptors (Lipinski definition) is 6. The fourth-order valence-electron chi connectivity index (χ4n) is 3.17. The van der Waals surface area contributed by atoms with Gasteiger partial charge < -0.3 is 10.2 Å². The van der Waals surface area contributed by atoms with Crippen molar-refractivity contribution in [3.8, 4) is 0 Å². The van der Waals surface area contributed by atoms with Crippen molar-refractivity contribution < 1.29 is 12.8 Å². The molecule has 2 aromatic rings. The third-order valence-electron chi connectivity index (χ3n) is 4.56. The smallest absolute Gasteiger partial charge is 0.225 e. The second-order valence-electron chi connectivity index (χ2n) is 6.68. The number of halogens is 1. The summed E-state index contributed by atoms with van der Waals surface area (Å²) in [6.45, 7) is 1.92. The van der Waals surface area contributed by atoms with Gasteiger partial charge in [-0.15, -0.1) is 0 Å². The van der Waals surface area contributed by atoms with Crippen LogP contribution in [-0.2, 0) is 16.4 Å². The Labute approximate surface area is 153 Å². The molecule has 2 heterocycles. The molecule has 0 saturated carbocycles. The second-order valence-corrected chi connectivity index (χ2v) is 8.67. The second kappa shape index (κ2) is 7.67. The van der Waals surface area contributed by atoms with E-state index in [1.54, 1.807) is 30.1 Å². The van der Waals surface area contributed by atoms with Crippen molar-refractivity contribution in [3.63, 3.8) is 0 Å². The molecule has 1 aromatic carbocycles. The number of anilines is 1. The average molecular weight is 378 g/mol. The van der Waals surface area contributed by atoms with Crippen LogP contribution in [0.15, 0.2) is 35.4 Å². The van der Waals surface area contributed by atoms with E-state index in [9.17, 15) is 12.8 Å². The van der Waals surface area contributed by atoms with Crippen LogP contribution in [0.25, 0.3) is 0 Å². The van der Waals surface area contributed by atoms with E-state index < -0.39 is 9.84 Å². The van der Waals surface area contributed by atoms with Crippen LogP contribution in [0.4, 0.5) is 10.3 Å². The van der Waals surface area contributed by atoms with Crippen LogP contribution >= 0.6 is 0 Å². The Morgan fingerprint density at radius 1 is 1.35 bits per heavy atom. The zero-order chi connectivity index (χ0) is 18.7. The molecule has 0 bridgehead atoms. The third kappa shape index (κ3) is 4.19. The highest BCUT2D eigenvalue weighted by atomic mass is 32.2. The maximum absolute atomic E-state index is 13.9. The van der Waals surface area contributed by atoms with Crippen molar-refractivity contribution in [3.05, 3.63) is 47.5 Å². The van der Waals surface area contributed by atoms with Crippen LogP contribution in [-0.4, -0.2) is 44.8 Å². The summed E-state index contributed by atoms with van der Waals surface area (Å²) in [4.78, 5) is 10.7. The Morgan fingerprint density at radius 2 is 2.12 bits per heavy atom. The Bertz CT molecular complexity index is 883. The maximum Gasteiger partial charge on any atom is 0.225 e. The lowest BCUT2D eigenvalue weighted by molar-refractivity contribution is 0.447. The molecule has 1 unspecified atom stereocenters. The molecule has 0 amide bonds. The molecule has 1 atom stereocenters. The van der Waals surface area contributed by atoms with Crippen molar-refractivity contribution in [1.29, 1.82) is 0 Å². The molecule has 26 heavy (non-hydrogen) atoms. The maximum atomic E-state index is 13.9. The summed E-state index contributed by atoms with van der Waals surface area (Å²) >= 11 is 0. The van der Waals surface area contributed by atoms with Gasteiger partial charge in [0.15, 0.2) is 9.84 Å². The van der Waals surface area contributed by atoms with E-state index in [1.807, 2.05) is 0 Å². The van der Waals surface area contributed by atoms with Crippen LogP contribution in [0.3, 0.4) is 0 Å². The summed E-state index contributed by atoms with van der Waals surface area (Å²) in [6.07, 6.45) is 4.40. The van der Waals surface area contributed by atoms with E-state index in [0.717, 1.165) is 19.4 Å². The Hall–Kier alpha value is -2.06.